The van der Waals surface area contributed by atoms with Gasteiger partial charge in [-0.15, -0.1) is 0 Å². The van der Waals surface area contributed by atoms with Crippen LogP contribution in [0.25, 0.3) is 0 Å². The topological polar surface area (TPSA) is 43.4 Å². The zero-order chi connectivity index (χ0) is 10.7. The van der Waals surface area contributed by atoms with Gasteiger partial charge in [-0.2, -0.15) is 0 Å². The number of carbonyl (C=O) groups excluding carboxylic acids is 2. The van der Waals surface area contributed by atoms with Crippen LogP contribution in [0.2, 0.25) is 0 Å². The monoisotopic (exact) mass is 304 g/mol. The first-order valence-electron chi connectivity index (χ1n) is 3.94. The van der Waals surface area contributed by atoms with Crippen LogP contribution in [0.4, 0.5) is 0 Å². The molecule has 0 amide bonds. The maximum atomic E-state index is 11.3. The van der Waals surface area contributed by atoms with Crippen molar-refractivity contribution in [3.63, 3.8) is 0 Å². The van der Waals surface area contributed by atoms with Gasteiger partial charge in [0.25, 0.3) is 0 Å². The molecule has 3 nitrogen and oxygen atoms in total. The van der Waals surface area contributed by atoms with Crippen LogP contribution in [0.15, 0.2) is 12.1 Å². The van der Waals surface area contributed by atoms with E-state index < -0.39 is 0 Å². The number of aldehydes is 1. The molecule has 0 fully saturated rings. The fourth-order valence-electron chi connectivity index (χ4n) is 1.19. The minimum atomic E-state index is -0.129. The van der Waals surface area contributed by atoms with Crippen molar-refractivity contribution in [1.29, 1.82) is 0 Å². The van der Waals surface area contributed by atoms with Gasteiger partial charge >= 0.3 is 0 Å². The van der Waals surface area contributed by atoms with E-state index in [0.717, 1.165) is 0 Å². The average molecular weight is 304 g/mol. The van der Waals surface area contributed by atoms with E-state index in [4.69, 9.17) is 4.74 Å². The first kappa shape index (κ1) is 11.2. The third-order valence-corrected chi connectivity index (χ3v) is 2.91. The number of hydrogen-bond donors (Lipinski definition) is 0. The molecule has 0 aromatic heterocycles. The lowest BCUT2D eigenvalue weighted by Crippen LogP contribution is -2.03. The van der Waals surface area contributed by atoms with Crippen LogP contribution in [0.1, 0.15) is 27.6 Å². The van der Waals surface area contributed by atoms with E-state index in [9.17, 15) is 9.59 Å². The number of hydrogen-bond acceptors (Lipinski definition) is 3. The second kappa shape index (κ2) is 4.54. The van der Waals surface area contributed by atoms with Gasteiger partial charge in [-0.3, -0.25) is 9.59 Å². The molecule has 0 unspecified atom stereocenters. The highest BCUT2D eigenvalue weighted by Crippen LogP contribution is 2.26. The summed E-state index contributed by atoms with van der Waals surface area (Å²) in [6, 6.07) is 3.27. The number of ketones is 1. The van der Waals surface area contributed by atoms with Gasteiger partial charge in [0.2, 0.25) is 0 Å². The summed E-state index contributed by atoms with van der Waals surface area (Å²) in [6.07, 6.45) is 0.679. The van der Waals surface area contributed by atoms with Crippen LogP contribution in [0.3, 0.4) is 0 Å². The normalized spacial score (nSPS) is 9.64. The largest absolute Gasteiger partial charge is 0.496 e. The molecule has 0 aliphatic carbocycles. The molecular formula is C10H9IO3. The molecule has 0 atom stereocenters. The lowest BCUT2D eigenvalue weighted by molar-refractivity contribution is 0.100. The highest BCUT2D eigenvalue weighted by atomic mass is 127. The summed E-state index contributed by atoms with van der Waals surface area (Å²) in [5.74, 6) is 0.483. The summed E-state index contributed by atoms with van der Waals surface area (Å²) in [4.78, 5) is 22.0. The number of rotatable bonds is 3. The van der Waals surface area contributed by atoms with Crippen molar-refractivity contribution < 1.29 is 14.3 Å². The second-order valence-electron chi connectivity index (χ2n) is 2.72. The van der Waals surface area contributed by atoms with Gasteiger partial charge in [0.1, 0.15) is 5.75 Å². The van der Waals surface area contributed by atoms with Crippen molar-refractivity contribution in [2.75, 3.05) is 7.11 Å². The van der Waals surface area contributed by atoms with Crippen LogP contribution < -0.4 is 4.74 Å². The fraction of sp³-hybridized carbons (Fsp3) is 0.200. The van der Waals surface area contributed by atoms with Crippen molar-refractivity contribution in [1.82, 2.24) is 0 Å². The lowest BCUT2D eigenvalue weighted by atomic mass is 10.1. The quantitative estimate of drug-likeness (QED) is 0.489. The molecule has 0 N–H and O–H groups in total. The zero-order valence-electron chi connectivity index (χ0n) is 7.83. The Balaban J connectivity index is 3.46. The molecule has 0 saturated heterocycles. The Hall–Kier alpha value is -0.910. The summed E-state index contributed by atoms with van der Waals surface area (Å²) in [7, 11) is 1.53. The number of benzene rings is 1. The van der Waals surface area contributed by atoms with Gasteiger partial charge < -0.3 is 4.74 Å². The van der Waals surface area contributed by atoms with Crippen LogP contribution in [-0.4, -0.2) is 19.2 Å². The van der Waals surface area contributed by atoms with Crippen LogP contribution in [-0.2, 0) is 0 Å². The van der Waals surface area contributed by atoms with E-state index in [0.29, 0.717) is 26.7 Å². The molecule has 0 aliphatic rings. The minimum absolute atomic E-state index is 0.129. The highest BCUT2D eigenvalue weighted by molar-refractivity contribution is 14.1. The number of ether oxygens (including phenoxy) is 1. The van der Waals surface area contributed by atoms with Crippen LogP contribution in [0, 0.1) is 3.57 Å². The average Bonchev–Trinajstić information content (AvgIpc) is 2.16. The summed E-state index contributed by atoms with van der Waals surface area (Å²) >= 11 is 2.00. The van der Waals surface area contributed by atoms with Crippen molar-refractivity contribution >= 4 is 34.7 Å². The number of Topliss-reactive ketones (excluding diaryl/α,β-unsaturated/α-hetero) is 1. The molecule has 0 saturated carbocycles. The maximum absolute atomic E-state index is 11.3. The number of halogens is 1. The van der Waals surface area contributed by atoms with Gasteiger partial charge in [-0.1, -0.05) is 0 Å². The Morgan fingerprint density at radius 3 is 2.57 bits per heavy atom. The van der Waals surface area contributed by atoms with Gasteiger partial charge in [-0.25, -0.2) is 0 Å². The summed E-state index contributed by atoms with van der Waals surface area (Å²) in [5, 5.41) is 0. The Morgan fingerprint density at radius 2 is 2.14 bits per heavy atom. The standard InChI is InChI=1S/C10H9IO3/c1-6(13)9-7(5-12)3-4-8(14-2)10(9)11/h3-5H,1-2H3. The Labute approximate surface area is 95.6 Å². The zero-order valence-corrected chi connectivity index (χ0v) is 9.99. The van der Waals surface area contributed by atoms with Gasteiger partial charge in [0.15, 0.2) is 12.1 Å². The Kier molecular flexibility index (Phi) is 3.62. The fourth-order valence-corrected chi connectivity index (χ4v) is 2.28. The third-order valence-electron chi connectivity index (χ3n) is 1.84. The SMILES string of the molecule is COc1ccc(C=O)c(C(C)=O)c1I. The highest BCUT2D eigenvalue weighted by Gasteiger charge is 2.14. The van der Waals surface area contributed by atoms with Gasteiger partial charge in [-0.05, 0) is 41.6 Å². The van der Waals surface area contributed by atoms with E-state index in [1.807, 2.05) is 22.6 Å². The van der Waals surface area contributed by atoms with E-state index in [1.54, 1.807) is 12.1 Å². The maximum Gasteiger partial charge on any atom is 0.161 e. The molecule has 0 bridgehead atoms. The minimum Gasteiger partial charge on any atom is -0.496 e. The molecule has 1 aromatic carbocycles. The lowest BCUT2D eigenvalue weighted by Gasteiger charge is -2.08. The molecule has 0 spiro atoms. The molecule has 14 heavy (non-hydrogen) atoms. The van der Waals surface area contributed by atoms with E-state index >= 15 is 0 Å². The van der Waals surface area contributed by atoms with E-state index in [1.165, 1.54) is 14.0 Å². The van der Waals surface area contributed by atoms with E-state index in [-0.39, 0.29) is 5.78 Å². The molecule has 0 aliphatic heterocycles. The number of methoxy groups -OCH3 is 1. The third kappa shape index (κ3) is 1.95. The van der Waals surface area contributed by atoms with Crippen molar-refractivity contribution in [3.8, 4) is 5.75 Å². The van der Waals surface area contributed by atoms with Crippen molar-refractivity contribution in [2.24, 2.45) is 0 Å². The Morgan fingerprint density at radius 1 is 1.50 bits per heavy atom. The molecule has 0 heterocycles. The first-order valence-corrected chi connectivity index (χ1v) is 5.02. The molecular weight excluding hydrogens is 295 g/mol. The van der Waals surface area contributed by atoms with Gasteiger partial charge in [0.05, 0.1) is 10.7 Å². The molecule has 0 radical (unpaired) electrons. The van der Waals surface area contributed by atoms with E-state index in [2.05, 4.69) is 0 Å². The molecule has 4 heteroatoms. The molecule has 1 aromatic rings. The predicted molar refractivity (Wildman–Crippen MR) is 61.1 cm³/mol. The van der Waals surface area contributed by atoms with Crippen molar-refractivity contribution in [3.05, 3.63) is 26.8 Å². The number of carbonyl (C=O) groups is 2. The van der Waals surface area contributed by atoms with Crippen LogP contribution >= 0.6 is 22.6 Å². The Bertz CT molecular complexity index is 385. The van der Waals surface area contributed by atoms with Gasteiger partial charge in [0, 0.05) is 11.1 Å². The first-order chi connectivity index (χ1) is 6.61. The smallest absolute Gasteiger partial charge is 0.161 e. The summed E-state index contributed by atoms with van der Waals surface area (Å²) < 4.78 is 5.74. The van der Waals surface area contributed by atoms with Crippen molar-refractivity contribution in [2.45, 2.75) is 6.92 Å². The second-order valence-corrected chi connectivity index (χ2v) is 3.80. The molecule has 1 rings (SSSR count). The summed E-state index contributed by atoms with van der Waals surface area (Å²) in [6.45, 7) is 1.43. The molecule has 74 valence electrons. The summed E-state index contributed by atoms with van der Waals surface area (Å²) in [5.41, 5.74) is 0.836. The predicted octanol–water partition coefficient (Wildman–Crippen LogP) is 2.31. The van der Waals surface area contributed by atoms with Crippen LogP contribution in [0.5, 0.6) is 5.75 Å².